The Bertz CT molecular complexity index is 1510. The molecule has 1 aromatic heterocycles. The predicted octanol–water partition coefficient (Wildman–Crippen LogP) is 5.51. The van der Waals surface area contributed by atoms with Gasteiger partial charge in [-0.25, -0.2) is 8.42 Å². The van der Waals surface area contributed by atoms with Gasteiger partial charge >= 0.3 is 6.18 Å². The van der Waals surface area contributed by atoms with E-state index in [1.807, 2.05) is 24.3 Å². The number of aromatic nitrogens is 2. The summed E-state index contributed by atoms with van der Waals surface area (Å²) in [5.74, 6) is -0.739. The number of nitrogens with zero attached hydrogens (tertiary/aromatic N) is 2. The van der Waals surface area contributed by atoms with Crippen molar-refractivity contribution >= 4 is 48.3 Å². The number of alkyl halides is 3. The van der Waals surface area contributed by atoms with Gasteiger partial charge in [0.1, 0.15) is 11.0 Å². The molecule has 0 saturated heterocycles. The second-order valence-corrected chi connectivity index (χ2v) is 11.4. The lowest BCUT2D eigenvalue weighted by molar-refractivity contribution is -0.137. The molecule has 13 heteroatoms. The number of sulfonamides is 1. The Morgan fingerprint density at radius 3 is 2.41 bits per heavy atom. The minimum Gasteiger partial charge on any atom is -0.299 e. The number of halogens is 4. The van der Waals surface area contributed by atoms with Crippen LogP contribution in [-0.4, -0.2) is 30.6 Å². The smallest absolute Gasteiger partial charge is 0.299 e. The van der Waals surface area contributed by atoms with Gasteiger partial charge < -0.3 is 0 Å². The van der Waals surface area contributed by atoms with E-state index in [9.17, 15) is 26.4 Å². The molecule has 1 unspecified atom stereocenters. The first-order valence-corrected chi connectivity index (χ1v) is 13.7. The van der Waals surface area contributed by atoms with E-state index in [2.05, 4.69) is 36.2 Å². The van der Waals surface area contributed by atoms with Crippen LogP contribution >= 0.6 is 27.3 Å². The van der Waals surface area contributed by atoms with Crippen molar-refractivity contribution in [3.8, 4) is 10.6 Å². The van der Waals surface area contributed by atoms with Gasteiger partial charge in [0.15, 0.2) is 0 Å². The van der Waals surface area contributed by atoms with Gasteiger partial charge in [-0.15, -0.1) is 10.2 Å². The van der Waals surface area contributed by atoms with Crippen LogP contribution in [0.4, 0.5) is 18.3 Å². The third-order valence-corrected chi connectivity index (χ3v) is 7.95. The van der Waals surface area contributed by atoms with Gasteiger partial charge in [0, 0.05) is 10.0 Å². The summed E-state index contributed by atoms with van der Waals surface area (Å²) in [5, 5.41) is 11.3. The molecule has 0 aliphatic heterocycles. The van der Waals surface area contributed by atoms with E-state index in [0.29, 0.717) is 16.6 Å². The maximum absolute atomic E-state index is 13.2. The Labute approximate surface area is 222 Å². The molecule has 3 aromatic carbocycles. The van der Waals surface area contributed by atoms with Crippen LogP contribution in [0.15, 0.2) is 88.2 Å². The molecule has 4 rings (SSSR count). The number of hydrogen-bond acceptors (Lipinski definition) is 6. The first-order chi connectivity index (χ1) is 17.5. The number of nitrogens with one attached hydrogen (secondary N) is 2. The summed E-state index contributed by atoms with van der Waals surface area (Å²) >= 11 is 4.47. The topological polar surface area (TPSA) is 101 Å². The lowest BCUT2D eigenvalue weighted by Gasteiger charge is -2.18. The number of carbonyl (C=O) groups is 1. The van der Waals surface area contributed by atoms with Crippen LogP contribution in [0.1, 0.15) is 11.1 Å². The van der Waals surface area contributed by atoms with Crippen LogP contribution in [0, 0.1) is 0 Å². The van der Waals surface area contributed by atoms with Crippen molar-refractivity contribution in [2.45, 2.75) is 23.5 Å². The average Bonchev–Trinajstić information content (AvgIpc) is 3.32. The molecule has 0 spiro atoms. The van der Waals surface area contributed by atoms with E-state index in [1.54, 1.807) is 30.3 Å². The molecule has 37 heavy (non-hydrogen) atoms. The van der Waals surface area contributed by atoms with Gasteiger partial charge in [-0.05, 0) is 42.3 Å². The zero-order chi connectivity index (χ0) is 26.6. The molecule has 0 aliphatic carbocycles. The highest BCUT2D eigenvalue weighted by molar-refractivity contribution is 9.10. The third-order valence-electron chi connectivity index (χ3n) is 5.09. The molecule has 0 aliphatic rings. The number of anilines is 1. The van der Waals surface area contributed by atoms with E-state index in [0.717, 1.165) is 39.6 Å². The highest BCUT2D eigenvalue weighted by Gasteiger charge is 2.33. The second kappa shape index (κ2) is 11.1. The molecule has 0 radical (unpaired) electrons. The number of benzene rings is 3. The lowest BCUT2D eigenvalue weighted by atomic mass is 10.1. The predicted molar refractivity (Wildman–Crippen MR) is 137 cm³/mol. The number of amides is 1. The summed E-state index contributed by atoms with van der Waals surface area (Å²) in [5.41, 5.74) is 0.285. The molecule has 1 atom stereocenters. The zero-order valence-electron chi connectivity index (χ0n) is 18.7. The molecular weight excluding hydrogens is 593 g/mol. The summed E-state index contributed by atoms with van der Waals surface area (Å²) in [6.45, 7) is 0. The number of hydrogen-bond donors (Lipinski definition) is 2. The summed E-state index contributed by atoms with van der Waals surface area (Å²) in [4.78, 5) is 12.6. The Balaban J connectivity index is 1.59. The van der Waals surface area contributed by atoms with Crippen LogP contribution in [0.3, 0.4) is 0 Å². The van der Waals surface area contributed by atoms with Crippen molar-refractivity contribution in [2.24, 2.45) is 0 Å². The van der Waals surface area contributed by atoms with Gasteiger partial charge in [-0.2, -0.15) is 17.9 Å². The SMILES string of the molecule is O=C(Nc1nnc(-c2cccc(Br)c2)s1)C(Cc1ccccc1)NS(=O)(=O)c1cccc(C(F)(F)F)c1. The first-order valence-electron chi connectivity index (χ1n) is 10.6. The third kappa shape index (κ3) is 7.01. The van der Waals surface area contributed by atoms with Crippen LogP contribution in [0.2, 0.25) is 0 Å². The van der Waals surface area contributed by atoms with Crippen LogP contribution < -0.4 is 10.0 Å². The van der Waals surface area contributed by atoms with Crippen molar-refractivity contribution in [1.82, 2.24) is 14.9 Å². The zero-order valence-corrected chi connectivity index (χ0v) is 22.0. The molecule has 0 bridgehead atoms. The van der Waals surface area contributed by atoms with Crippen LogP contribution in [0.5, 0.6) is 0 Å². The Hall–Kier alpha value is -3.13. The summed E-state index contributed by atoms with van der Waals surface area (Å²) < 4.78 is 68.5. The molecule has 7 nitrogen and oxygen atoms in total. The first kappa shape index (κ1) is 26.9. The fourth-order valence-corrected chi connectivity index (χ4v) is 5.72. The van der Waals surface area contributed by atoms with Crippen LogP contribution in [0.25, 0.3) is 10.6 Å². The molecule has 4 aromatic rings. The fourth-order valence-electron chi connectivity index (χ4n) is 3.34. The highest BCUT2D eigenvalue weighted by Crippen LogP contribution is 2.31. The Kier molecular flexibility index (Phi) is 8.07. The quantitative estimate of drug-likeness (QED) is 0.274. The van der Waals surface area contributed by atoms with Crippen molar-refractivity contribution in [2.75, 3.05) is 5.32 Å². The maximum atomic E-state index is 13.2. The Morgan fingerprint density at radius 2 is 1.70 bits per heavy atom. The van der Waals surface area contributed by atoms with Crippen molar-refractivity contribution in [1.29, 1.82) is 0 Å². The molecular formula is C24H18BrF3N4O3S2. The fraction of sp³-hybridized carbons (Fsp3) is 0.125. The monoisotopic (exact) mass is 610 g/mol. The van der Waals surface area contributed by atoms with Gasteiger partial charge in [0.2, 0.25) is 21.1 Å². The van der Waals surface area contributed by atoms with Gasteiger partial charge in [-0.1, -0.05) is 75.8 Å². The standard InChI is InChI=1S/C24H18BrF3N4O3S2/c25-18-10-4-8-16(13-18)22-30-31-23(36-22)29-21(33)20(12-15-6-2-1-3-7-15)32-37(34,35)19-11-5-9-17(14-19)24(26,27)28/h1-11,13-14,20,32H,12H2,(H,29,31,33). The molecule has 2 N–H and O–H groups in total. The molecule has 0 fully saturated rings. The molecule has 192 valence electrons. The minimum absolute atomic E-state index is 0.0534. The molecule has 1 heterocycles. The van der Waals surface area contributed by atoms with E-state index < -0.39 is 38.6 Å². The van der Waals surface area contributed by atoms with Crippen molar-refractivity contribution < 1.29 is 26.4 Å². The van der Waals surface area contributed by atoms with E-state index >= 15 is 0 Å². The van der Waals surface area contributed by atoms with Gasteiger partial charge in [0.05, 0.1) is 10.5 Å². The number of rotatable bonds is 8. The van der Waals surface area contributed by atoms with Gasteiger partial charge in [-0.3, -0.25) is 10.1 Å². The maximum Gasteiger partial charge on any atom is 0.416 e. The summed E-state index contributed by atoms with van der Waals surface area (Å²) in [6.07, 6.45) is -4.78. The largest absolute Gasteiger partial charge is 0.416 e. The van der Waals surface area contributed by atoms with Crippen LogP contribution in [-0.2, 0) is 27.4 Å². The second-order valence-electron chi connectivity index (χ2n) is 7.80. The van der Waals surface area contributed by atoms with E-state index in [-0.39, 0.29) is 11.6 Å². The minimum atomic E-state index is -4.73. The normalized spacial score (nSPS) is 12.8. The number of carbonyl (C=O) groups excluding carboxylic acids is 1. The highest BCUT2D eigenvalue weighted by atomic mass is 79.9. The summed E-state index contributed by atoms with van der Waals surface area (Å²) in [7, 11) is -4.49. The molecule has 0 saturated carbocycles. The van der Waals surface area contributed by atoms with E-state index in [1.165, 1.54) is 0 Å². The van der Waals surface area contributed by atoms with E-state index in [4.69, 9.17) is 0 Å². The van der Waals surface area contributed by atoms with Crippen molar-refractivity contribution in [3.63, 3.8) is 0 Å². The molecule has 1 amide bonds. The lowest BCUT2D eigenvalue weighted by Crippen LogP contribution is -2.45. The average molecular weight is 611 g/mol. The van der Waals surface area contributed by atoms with Crippen molar-refractivity contribution in [3.05, 3.63) is 94.5 Å². The Morgan fingerprint density at radius 1 is 0.973 bits per heavy atom. The summed E-state index contributed by atoms with van der Waals surface area (Å²) in [6, 6.07) is 17.9. The van der Waals surface area contributed by atoms with Gasteiger partial charge in [0.25, 0.3) is 0 Å².